The van der Waals surface area contributed by atoms with Crippen molar-refractivity contribution in [2.75, 3.05) is 0 Å². The summed E-state index contributed by atoms with van der Waals surface area (Å²) in [6.07, 6.45) is 0. The van der Waals surface area contributed by atoms with Crippen LogP contribution in [0.5, 0.6) is 0 Å². The molecule has 16 heavy (non-hydrogen) atoms. The molecule has 0 fully saturated rings. The second kappa shape index (κ2) is 4.30. The Hall–Kier alpha value is -1.28. The van der Waals surface area contributed by atoms with Gasteiger partial charge in [-0.3, -0.25) is 0 Å². The van der Waals surface area contributed by atoms with Gasteiger partial charge in [0.05, 0.1) is 11.4 Å². The van der Waals surface area contributed by atoms with Gasteiger partial charge in [-0.25, -0.2) is 4.68 Å². The molecular weight excluding hydrogens is 220 g/mol. The van der Waals surface area contributed by atoms with E-state index in [1.54, 1.807) is 4.68 Å². The Morgan fingerprint density at radius 1 is 1.25 bits per heavy atom. The van der Waals surface area contributed by atoms with Crippen LogP contribution in [-0.4, -0.2) is 9.78 Å². The van der Waals surface area contributed by atoms with Crippen molar-refractivity contribution in [2.24, 2.45) is 0 Å². The number of aromatic nitrogens is 2. The lowest BCUT2D eigenvalue weighted by Crippen LogP contribution is -1.98. The molecule has 0 atom stereocenters. The third-order valence-corrected chi connectivity index (χ3v) is 2.79. The zero-order valence-electron chi connectivity index (χ0n) is 9.74. The highest BCUT2D eigenvalue weighted by Gasteiger charge is 2.10. The molecule has 0 aliphatic heterocycles. The van der Waals surface area contributed by atoms with Crippen LogP contribution in [0.2, 0.25) is 5.15 Å². The summed E-state index contributed by atoms with van der Waals surface area (Å²) in [4.78, 5) is 0. The summed E-state index contributed by atoms with van der Waals surface area (Å²) in [6, 6.07) is 10.1. The Balaban J connectivity index is 2.48. The summed E-state index contributed by atoms with van der Waals surface area (Å²) < 4.78 is 1.78. The number of hydrogen-bond acceptors (Lipinski definition) is 1. The van der Waals surface area contributed by atoms with Gasteiger partial charge in [0, 0.05) is 0 Å². The van der Waals surface area contributed by atoms with E-state index < -0.39 is 0 Å². The molecule has 0 amide bonds. The highest BCUT2D eigenvalue weighted by molar-refractivity contribution is 6.29. The standard InChI is InChI=1S/C13H15ClN2/c1-9(2)12-8-13(14)16(15-12)11-6-4-5-10(3)7-11/h4-9H,1-3H3. The number of aryl methyl sites for hydroxylation is 1. The molecule has 0 aliphatic rings. The molecule has 0 unspecified atom stereocenters. The van der Waals surface area contributed by atoms with Crippen molar-refractivity contribution >= 4 is 11.6 Å². The lowest BCUT2D eigenvalue weighted by molar-refractivity contribution is 0.768. The van der Waals surface area contributed by atoms with Gasteiger partial charge in [0.15, 0.2) is 0 Å². The van der Waals surface area contributed by atoms with Crippen molar-refractivity contribution in [3.8, 4) is 5.69 Å². The largest absolute Gasteiger partial charge is 0.222 e. The van der Waals surface area contributed by atoms with Crippen LogP contribution < -0.4 is 0 Å². The lowest BCUT2D eigenvalue weighted by atomic mass is 10.1. The van der Waals surface area contributed by atoms with Crippen LogP contribution in [0.1, 0.15) is 31.0 Å². The summed E-state index contributed by atoms with van der Waals surface area (Å²) in [5.41, 5.74) is 3.23. The molecule has 0 aliphatic carbocycles. The van der Waals surface area contributed by atoms with E-state index in [1.807, 2.05) is 18.2 Å². The first-order valence-corrected chi connectivity index (χ1v) is 5.78. The van der Waals surface area contributed by atoms with Crippen LogP contribution >= 0.6 is 11.6 Å². The molecule has 84 valence electrons. The van der Waals surface area contributed by atoms with Gasteiger partial charge in [-0.15, -0.1) is 0 Å². The van der Waals surface area contributed by atoms with Gasteiger partial charge in [0.1, 0.15) is 5.15 Å². The minimum atomic E-state index is 0.392. The molecule has 2 nitrogen and oxygen atoms in total. The van der Waals surface area contributed by atoms with E-state index in [1.165, 1.54) is 5.56 Å². The lowest BCUT2D eigenvalue weighted by Gasteiger charge is -2.04. The van der Waals surface area contributed by atoms with E-state index in [-0.39, 0.29) is 0 Å². The van der Waals surface area contributed by atoms with Crippen LogP contribution in [0.4, 0.5) is 0 Å². The number of halogens is 1. The van der Waals surface area contributed by atoms with E-state index >= 15 is 0 Å². The van der Waals surface area contributed by atoms with Crippen molar-refractivity contribution in [3.63, 3.8) is 0 Å². The molecule has 0 saturated heterocycles. The maximum atomic E-state index is 6.18. The third kappa shape index (κ3) is 2.12. The molecule has 3 heteroatoms. The van der Waals surface area contributed by atoms with E-state index in [0.717, 1.165) is 11.4 Å². The molecule has 0 spiro atoms. The zero-order chi connectivity index (χ0) is 11.7. The normalized spacial score (nSPS) is 11.1. The summed E-state index contributed by atoms with van der Waals surface area (Å²) in [7, 11) is 0. The van der Waals surface area contributed by atoms with E-state index in [4.69, 9.17) is 11.6 Å². The van der Waals surface area contributed by atoms with E-state index in [0.29, 0.717) is 11.1 Å². The predicted molar refractivity (Wildman–Crippen MR) is 67.4 cm³/mol. The Kier molecular flexibility index (Phi) is 3.01. The quantitative estimate of drug-likeness (QED) is 0.769. The number of benzene rings is 1. The first kappa shape index (κ1) is 11.2. The molecular formula is C13H15ClN2. The Morgan fingerprint density at radius 2 is 2.00 bits per heavy atom. The fourth-order valence-electron chi connectivity index (χ4n) is 1.60. The second-order valence-electron chi connectivity index (χ2n) is 4.30. The van der Waals surface area contributed by atoms with Gasteiger partial charge in [0.2, 0.25) is 0 Å². The molecule has 1 aromatic carbocycles. The SMILES string of the molecule is Cc1cccc(-n2nc(C(C)C)cc2Cl)c1. The molecule has 0 saturated carbocycles. The maximum Gasteiger partial charge on any atom is 0.133 e. The van der Waals surface area contributed by atoms with Crippen LogP contribution in [0.15, 0.2) is 30.3 Å². The monoisotopic (exact) mass is 234 g/mol. The third-order valence-electron chi connectivity index (χ3n) is 2.52. The highest BCUT2D eigenvalue weighted by Crippen LogP contribution is 2.22. The van der Waals surface area contributed by atoms with Gasteiger partial charge in [-0.1, -0.05) is 37.6 Å². The Bertz CT molecular complexity index is 500. The first-order chi connectivity index (χ1) is 7.58. The average molecular weight is 235 g/mol. The molecule has 0 radical (unpaired) electrons. The van der Waals surface area contributed by atoms with Crippen LogP contribution in [0.25, 0.3) is 5.69 Å². The van der Waals surface area contributed by atoms with Gasteiger partial charge >= 0.3 is 0 Å². The molecule has 0 N–H and O–H groups in total. The number of nitrogens with zero attached hydrogens (tertiary/aromatic N) is 2. The summed E-state index contributed by atoms with van der Waals surface area (Å²) >= 11 is 6.18. The smallest absolute Gasteiger partial charge is 0.133 e. The molecule has 0 bridgehead atoms. The van der Waals surface area contributed by atoms with Crippen LogP contribution in [-0.2, 0) is 0 Å². The van der Waals surface area contributed by atoms with Gasteiger partial charge in [0.25, 0.3) is 0 Å². The fraction of sp³-hybridized carbons (Fsp3) is 0.308. The minimum Gasteiger partial charge on any atom is -0.222 e. The zero-order valence-corrected chi connectivity index (χ0v) is 10.5. The first-order valence-electron chi connectivity index (χ1n) is 5.40. The average Bonchev–Trinajstić information content (AvgIpc) is 2.60. The fourth-order valence-corrected chi connectivity index (χ4v) is 1.85. The van der Waals surface area contributed by atoms with Gasteiger partial charge in [-0.05, 0) is 36.6 Å². The summed E-state index contributed by atoms with van der Waals surface area (Å²) in [6.45, 7) is 6.28. The molecule has 1 heterocycles. The highest BCUT2D eigenvalue weighted by atomic mass is 35.5. The number of rotatable bonds is 2. The van der Waals surface area contributed by atoms with Crippen LogP contribution in [0, 0.1) is 6.92 Å². The van der Waals surface area contributed by atoms with Crippen molar-refractivity contribution < 1.29 is 0 Å². The van der Waals surface area contributed by atoms with Crippen molar-refractivity contribution in [2.45, 2.75) is 26.7 Å². The van der Waals surface area contributed by atoms with Crippen molar-refractivity contribution in [3.05, 3.63) is 46.7 Å². The number of hydrogen-bond donors (Lipinski definition) is 0. The van der Waals surface area contributed by atoms with Gasteiger partial charge < -0.3 is 0 Å². The predicted octanol–water partition coefficient (Wildman–Crippen LogP) is 3.96. The Labute approximate surface area is 101 Å². The topological polar surface area (TPSA) is 17.8 Å². The van der Waals surface area contributed by atoms with Crippen molar-refractivity contribution in [1.29, 1.82) is 0 Å². The van der Waals surface area contributed by atoms with E-state index in [2.05, 4.69) is 38.0 Å². The minimum absolute atomic E-state index is 0.392. The summed E-state index contributed by atoms with van der Waals surface area (Å²) in [5, 5.41) is 5.17. The summed E-state index contributed by atoms with van der Waals surface area (Å²) in [5.74, 6) is 0.392. The van der Waals surface area contributed by atoms with Gasteiger partial charge in [-0.2, -0.15) is 5.10 Å². The second-order valence-corrected chi connectivity index (χ2v) is 4.68. The van der Waals surface area contributed by atoms with Crippen molar-refractivity contribution in [1.82, 2.24) is 9.78 Å². The molecule has 2 rings (SSSR count). The molecule has 1 aromatic heterocycles. The molecule has 2 aromatic rings. The van der Waals surface area contributed by atoms with E-state index in [9.17, 15) is 0 Å². The Morgan fingerprint density at radius 3 is 2.56 bits per heavy atom. The maximum absolute atomic E-state index is 6.18. The van der Waals surface area contributed by atoms with Crippen LogP contribution in [0.3, 0.4) is 0 Å².